The van der Waals surface area contributed by atoms with E-state index in [0.29, 0.717) is 17.9 Å². The van der Waals surface area contributed by atoms with Gasteiger partial charge in [0.15, 0.2) is 0 Å². The smallest absolute Gasteiger partial charge is 0.326 e. The zero-order valence-electron chi connectivity index (χ0n) is 17.3. The Morgan fingerprint density at radius 3 is 1.90 bits per heavy atom. The van der Waals surface area contributed by atoms with Crippen molar-refractivity contribution < 1.29 is 29.1 Å². The van der Waals surface area contributed by atoms with Gasteiger partial charge in [0, 0.05) is 0 Å². The third-order valence-corrected chi connectivity index (χ3v) is 5.27. The number of carbonyl (C=O) groups excluding carboxylic acids is 4. The maximum absolute atomic E-state index is 12.5. The van der Waals surface area contributed by atoms with Crippen LogP contribution in [0.1, 0.15) is 26.2 Å². The maximum Gasteiger partial charge on any atom is 0.326 e. The molecule has 0 saturated heterocycles. The van der Waals surface area contributed by atoms with Gasteiger partial charge in [-0.2, -0.15) is 23.5 Å². The lowest BCUT2D eigenvalue weighted by Crippen LogP contribution is -2.57. The molecule has 4 unspecified atom stereocenters. The predicted octanol–water partition coefficient (Wildman–Crippen LogP) is -1.75. The lowest BCUT2D eigenvalue weighted by Gasteiger charge is -2.23. The first-order valence-corrected chi connectivity index (χ1v) is 12.0. The van der Waals surface area contributed by atoms with Gasteiger partial charge >= 0.3 is 5.97 Å². The topological polar surface area (TPSA) is 194 Å². The van der Waals surface area contributed by atoms with Crippen molar-refractivity contribution in [1.82, 2.24) is 16.0 Å². The Labute approximate surface area is 184 Å². The number of nitrogens with two attached hydrogens (primary N) is 2. The Kier molecular flexibility index (Phi) is 13.9. The quantitative estimate of drug-likeness (QED) is 0.163. The predicted molar refractivity (Wildman–Crippen MR) is 117 cm³/mol. The van der Waals surface area contributed by atoms with E-state index in [0.717, 1.165) is 0 Å². The van der Waals surface area contributed by atoms with Crippen LogP contribution in [0.25, 0.3) is 0 Å². The molecule has 0 aromatic carbocycles. The van der Waals surface area contributed by atoms with E-state index in [9.17, 15) is 29.1 Å². The van der Waals surface area contributed by atoms with Crippen LogP contribution >= 0.6 is 23.5 Å². The Morgan fingerprint density at radius 2 is 1.40 bits per heavy atom. The van der Waals surface area contributed by atoms with Gasteiger partial charge in [0.25, 0.3) is 0 Å². The lowest BCUT2D eigenvalue weighted by molar-refractivity contribution is -0.142. The van der Waals surface area contributed by atoms with Crippen molar-refractivity contribution in [3.05, 3.63) is 0 Å². The number of carbonyl (C=O) groups is 5. The second-order valence-electron chi connectivity index (χ2n) is 6.53. The van der Waals surface area contributed by atoms with Gasteiger partial charge in [0.2, 0.25) is 23.6 Å². The minimum absolute atomic E-state index is 0.167. The molecule has 0 bridgehead atoms. The Morgan fingerprint density at radius 1 is 0.867 bits per heavy atom. The number of nitrogens with one attached hydrogen (secondary N) is 3. The third kappa shape index (κ3) is 11.3. The molecule has 4 atom stereocenters. The molecule has 0 spiro atoms. The van der Waals surface area contributed by atoms with Crippen molar-refractivity contribution in [3.63, 3.8) is 0 Å². The van der Waals surface area contributed by atoms with E-state index in [-0.39, 0.29) is 6.42 Å². The van der Waals surface area contributed by atoms with E-state index >= 15 is 0 Å². The summed E-state index contributed by atoms with van der Waals surface area (Å²) in [5.41, 5.74) is 10.9. The Hall–Kier alpha value is -1.99. The fourth-order valence-electron chi connectivity index (χ4n) is 2.23. The van der Waals surface area contributed by atoms with Crippen LogP contribution in [0.3, 0.4) is 0 Å². The van der Waals surface area contributed by atoms with E-state index < -0.39 is 60.2 Å². The molecule has 0 saturated carbocycles. The number of hydrogen-bond donors (Lipinski definition) is 6. The van der Waals surface area contributed by atoms with Crippen LogP contribution in [0.15, 0.2) is 0 Å². The molecule has 0 aromatic heterocycles. The van der Waals surface area contributed by atoms with E-state index in [1.165, 1.54) is 30.4 Å². The maximum atomic E-state index is 12.5. The van der Waals surface area contributed by atoms with E-state index in [4.69, 9.17) is 11.5 Å². The van der Waals surface area contributed by atoms with Gasteiger partial charge in [0.1, 0.15) is 18.1 Å². The minimum atomic E-state index is -1.38. The number of carboxylic acids is 1. The van der Waals surface area contributed by atoms with Gasteiger partial charge in [0.05, 0.1) is 12.5 Å². The Balaban J connectivity index is 5.03. The molecule has 0 aliphatic heterocycles. The molecule has 0 radical (unpaired) electrons. The van der Waals surface area contributed by atoms with Crippen molar-refractivity contribution >= 4 is 53.1 Å². The van der Waals surface area contributed by atoms with E-state index in [1.54, 1.807) is 6.26 Å². The fourth-order valence-corrected chi connectivity index (χ4v) is 3.20. The molecule has 4 amide bonds. The van der Waals surface area contributed by atoms with Gasteiger partial charge in [-0.3, -0.25) is 19.2 Å². The monoisotopic (exact) mass is 465 g/mol. The van der Waals surface area contributed by atoms with Crippen LogP contribution in [0, 0.1) is 0 Å². The van der Waals surface area contributed by atoms with Crippen molar-refractivity contribution in [2.24, 2.45) is 11.5 Å². The molecule has 30 heavy (non-hydrogen) atoms. The zero-order valence-corrected chi connectivity index (χ0v) is 18.9. The summed E-state index contributed by atoms with van der Waals surface area (Å²) in [7, 11) is 0. The first kappa shape index (κ1) is 28.0. The van der Waals surface area contributed by atoms with E-state index in [2.05, 4.69) is 16.0 Å². The molecule has 172 valence electrons. The summed E-state index contributed by atoms with van der Waals surface area (Å²) in [6.45, 7) is 1.40. The van der Waals surface area contributed by atoms with Crippen LogP contribution in [0.4, 0.5) is 0 Å². The average Bonchev–Trinajstić information content (AvgIpc) is 2.67. The highest BCUT2D eigenvalue weighted by Crippen LogP contribution is 2.03. The first-order valence-electron chi connectivity index (χ1n) is 9.19. The van der Waals surface area contributed by atoms with Gasteiger partial charge in [-0.1, -0.05) is 0 Å². The third-order valence-electron chi connectivity index (χ3n) is 3.99. The summed E-state index contributed by atoms with van der Waals surface area (Å²) in [4.78, 5) is 59.5. The summed E-state index contributed by atoms with van der Waals surface area (Å²) in [6, 6.07) is -4.38. The molecule has 0 aliphatic carbocycles. The number of hydrogen-bond acceptors (Lipinski definition) is 8. The summed E-state index contributed by atoms with van der Waals surface area (Å²) >= 11 is 2.94. The van der Waals surface area contributed by atoms with Crippen LogP contribution in [0.2, 0.25) is 0 Å². The van der Waals surface area contributed by atoms with Crippen LogP contribution in [0.5, 0.6) is 0 Å². The molecule has 0 rings (SSSR count). The van der Waals surface area contributed by atoms with Crippen molar-refractivity contribution in [1.29, 1.82) is 0 Å². The van der Waals surface area contributed by atoms with Gasteiger partial charge in [-0.15, -0.1) is 0 Å². The molecular formula is C17H31N5O6S2. The number of primary amides is 1. The minimum Gasteiger partial charge on any atom is -0.480 e. The molecular weight excluding hydrogens is 434 g/mol. The molecule has 0 aliphatic rings. The molecule has 8 N–H and O–H groups in total. The number of aliphatic carboxylic acids is 1. The highest BCUT2D eigenvalue weighted by Gasteiger charge is 2.29. The molecule has 11 nitrogen and oxygen atoms in total. The highest BCUT2D eigenvalue weighted by molar-refractivity contribution is 7.98. The summed E-state index contributed by atoms with van der Waals surface area (Å²) in [6.07, 6.45) is 3.74. The van der Waals surface area contributed by atoms with Crippen molar-refractivity contribution in [3.8, 4) is 0 Å². The summed E-state index contributed by atoms with van der Waals surface area (Å²) < 4.78 is 0. The number of amides is 4. The SMILES string of the molecule is CSCCC(N)C(=O)NC(C)C(=O)NC(CC(N)=O)C(=O)NC(CCSC)C(=O)O. The Bertz CT molecular complexity index is 621. The largest absolute Gasteiger partial charge is 0.480 e. The molecule has 0 aromatic rings. The van der Waals surface area contributed by atoms with Crippen molar-refractivity contribution in [2.75, 3.05) is 24.0 Å². The summed E-state index contributed by atoms with van der Waals surface area (Å²) in [5.74, 6) is -3.04. The molecule has 13 heteroatoms. The second-order valence-corrected chi connectivity index (χ2v) is 8.50. The average molecular weight is 466 g/mol. The van der Waals surface area contributed by atoms with Gasteiger partial charge in [-0.05, 0) is 43.8 Å². The number of rotatable bonds is 15. The van der Waals surface area contributed by atoms with Crippen molar-refractivity contribution in [2.45, 2.75) is 50.4 Å². The van der Waals surface area contributed by atoms with E-state index in [1.807, 2.05) is 6.26 Å². The second kappa shape index (κ2) is 14.9. The van der Waals surface area contributed by atoms with Gasteiger partial charge in [-0.25, -0.2) is 4.79 Å². The zero-order chi connectivity index (χ0) is 23.3. The molecule has 0 heterocycles. The van der Waals surface area contributed by atoms with Crippen LogP contribution in [-0.4, -0.2) is 82.9 Å². The van der Waals surface area contributed by atoms with Crippen LogP contribution in [-0.2, 0) is 24.0 Å². The number of carboxylic acid groups (broad SMARTS) is 1. The number of thioether (sulfide) groups is 2. The lowest BCUT2D eigenvalue weighted by atomic mass is 10.1. The van der Waals surface area contributed by atoms with Crippen LogP contribution < -0.4 is 27.4 Å². The highest BCUT2D eigenvalue weighted by atomic mass is 32.2. The fraction of sp³-hybridized carbons (Fsp3) is 0.706. The molecule has 0 fully saturated rings. The first-order chi connectivity index (χ1) is 14.0. The standard InChI is InChI=1S/C17H31N5O6S2/c1-9(20-15(25)10(18)4-6-29-2)14(24)22-12(8-13(19)23)16(26)21-11(17(27)28)5-7-30-3/h9-12H,4-8,18H2,1-3H3,(H2,19,23)(H,20,25)(H,21,26)(H,22,24)(H,27,28). The normalized spacial score (nSPS) is 14.7. The van der Waals surface area contributed by atoms with Gasteiger partial charge < -0.3 is 32.5 Å². The summed E-state index contributed by atoms with van der Waals surface area (Å²) in [5, 5.41) is 16.3.